The standard InChI is InChI=1S/C18H16O4/c1-22-16(19)15-10-17(20)11-6-2-4-8-13(11)18(15,21)14-9-5-3-7-12(14)17/h2-9,15,20-21H,10H2,1H3. The van der Waals surface area contributed by atoms with Crippen LogP contribution in [0.1, 0.15) is 28.7 Å². The molecule has 2 N–H and O–H groups in total. The molecule has 2 bridgehead atoms. The van der Waals surface area contributed by atoms with E-state index in [9.17, 15) is 15.0 Å². The van der Waals surface area contributed by atoms with Gasteiger partial charge in [0, 0.05) is 6.42 Å². The average molecular weight is 296 g/mol. The van der Waals surface area contributed by atoms with Gasteiger partial charge >= 0.3 is 5.97 Å². The number of methoxy groups -OCH3 is 1. The molecule has 4 nitrogen and oxygen atoms in total. The lowest BCUT2D eigenvalue weighted by molar-refractivity contribution is -0.163. The minimum absolute atomic E-state index is 0.115. The summed E-state index contributed by atoms with van der Waals surface area (Å²) in [5, 5.41) is 22.8. The van der Waals surface area contributed by atoms with Gasteiger partial charge in [0.15, 0.2) is 0 Å². The highest BCUT2D eigenvalue weighted by atomic mass is 16.5. The Kier molecular flexibility index (Phi) is 2.56. The smallest absolute Gasteiger partial charge is 0.312 e. The minimum atomic E-state index is -1.47. The first-order valence-electron chi connectivity index (χ1n) is 7.26. The van der Waals surface area contributed by atoms with Crippen LogP contribution in [0.15, 0.2) is 48.5 Å². The Labute approximate surface area is 128 Å². The first-order chi connectivity index (χ1) is 10.5. The summed E-state index contributed by atoms with van der Waals surface area (Å²) >= 11 is 0. The number of ether oxygens (including phenoxy) is 1. The molecule has 4 heteroatoms. The average Bonchev–Trinajstić information content (AvgIpc) is 2.57. The van der Waals surface area contributed by atoms with E-state index in [1.165, 1.54) is 7.11 Å². The lowest BCUT2D eigenvalue weighted by atomic mass is 9.54. The van der Waals surface area contributed by atoms with Gasteiger partial charge in [0.1, 0.15) is 11.2 Å². The predicted molar refractivity (Wildman–Crippen MR) is 79.0 cm³/mol. The molecule has 112 valence electrons. The van der Waals surface area contributed by atoms with Crippen LogP contribution in [-0.2, 0) is 20.7 Å². The fourth-order valence-electron chi connectivity index (χ4n) is 4.08. The van der Waals surface area contributed by atoms with Crippen LogP contribution in [0.4, 0.5) is 0 Å². The van der Waals surface area contributed by atoms with Gasteiger partial charge in [-0.1, -0.05) is 48.5 Å². The van der Waals surface area contributed by atoms with Gasteiger partial charge in [0.25, 0.3) is 0 Å². The molecule has 0 spiro atoms. The summed E-state index contributed by atoms with van der Waals surface area (Å²) in [7, 11) is 1.30. The van der Waals surface area contributed by atoms with Crippen LogP contribution in [0.25, 0.3) is 0 Å². The topological polar surface area (TPSA) is 66.8 Å². The van der Waals surface area contributed by atoms with Crippen LogP contribution >= 0.6 is 0 Å². The molecule has 3 aliphatic rings. The molecule has 2 aromatic rings. The van der Waals surface area contributed by atoms with Crippen LogP contribution in [0.2, 0.25) is 0 Å². The maximum atomic E-state index is 12.2. The van der Waals surface area contributed by atoms with Crippen LogP contribution in [0.3, 0.4) is 0 Å². The van der Waals surface area contributed by atoms with Crippen molar-refractivity contribution < 1.29 is 19.7 Å². The van der Waals surface area contributed by atoms with Crippen LogP contribution in [0, 0.1) is 5.92 Å². The maximum absolute atomic E-state index is 12.2. The van der Waals surface area contributed by atoms with Crippen LogP contribution in [0.5, 0.6) is 0 Å². The van der Waals surface area contributed by atoms with Gasteiger partial charge in [-0.25, -0.2) is 0 Å². The predicted octanol–water partition coefficient (Wildman–Crippen LogP) is 1.66. The lowest BCUT2D eigenvalue weighted by Gasteiger charge is -2.53. The third-order valence-electron chi connectivity index (χ3n) is 5.06. The highest BCUT2D eigenvalue weighted by Gasteiger charge is 2.62. The van der Waals surface area contributed by atoms with Gasteiger partial charge in [0.2, 0.25) is 0 Å². The number of carbonyl (C=O) groups is 1. The Morgan fingerprint density at radius 3 is 1.91 bits per heavy atom. The van der Waals surface area contributed by atoms with E-state index in [2.05, 4.69) is 0 Å². The van der Waals surface area contributed by atoms with E-state index in [0.29, 0.717) is 22.3 Å². The number of hydrogen-bond acceptors (Lipinski definition) is 4. The molecule has 0 amide bonds. The number of aliphatic hydroxyl groups is 2. The molecule has 5 rings (SSSR count). The molecule has 0 fully saturated rings. The Morgan fingerprint density at radius 2 is 1.45 bits per heavy atom. The lowest BCUT2D eigenvalue weighted by Crippen LogP contribution is -2.57. The normalized spacial score (nSPS) is 31.3. The number of rotatable bonds is 1. The molecule has 1 atom stereocenters. The van der Waals surface area contributed by atoms with Crippen molar-refractivity contribution in [2.75, 3.05) is 7.11 Å². The summed E-state index contributed by atoms with van der Waals surface area (Å²) in [6.45, 7) is 0. The Bertz CT molecular complexity index is 733. The molecule has 22 heavy (non-hydrogen) atoms. The second kappa shape index (κ2) is 4.18. The zero-order valence-electron chi connectivity index (χ0n) is 12.1. The molecular formula is C18H16O4. The van der Waals surface area contributed by atoms with Gasteiger partial charge in [0.05, 0.1) is 13.0 Å². The molecule has 0 saturated heterocycles. The van der Waals surface area contributed by atoms with Crippen molar-refractivity contribution >= 4 is 5.97 Å². The molecule has 1 unspecified atom stereocenters. The third kappa shape index (κ3) is 1.36. The molecule has 2 aromatic carbocycles. The minimum Gasteiger partial charge on any atom is -0.469 e. The van der Waals surface area contributed by atoms with E-state index in [0.717, 1.165) is 0 Å². The Balaban J connectivity index is 2.10. The number of hydrogen-bond donors (Lipinski definition) is 2. The number of carbonyl (C=O) groups excluding carboxylic acids is 1. The van der Waals surface area contributed by atoms with E-state index in [1.54, 1.807) is 24.3 Å². The monoisotopic (exact) mass is 296 g/mol. The fourth-order valence-corrected chi connectivity index (χ4v) is 4.08. The molecule has 3 aliphatic carbocycles. The fraction of sp³-hybridized carbons (Fsp3) is 0.278. The van der Waals surface area contributed by atoms with E-state index >= 15 is 0 Å². The summed E-state index contributed by atoms with van der Waals surface area (Å²) in [6, 6.07) is 14.4. The zero-order chi connectivity index (χ0) is 15.5. The van der Waals surface area contributed by atoms with E-state index < -0.39 is 23.1 Å². The quantitative estimate of drug-likeness (QED) is 0.786. The molecular weight excluding hydrogens is 280 g/mol. The van der Waals surface area contributed by atoms with Crippen LogP contribution < -0.4 is 0 Å². The van der Waals surface area contributed by atoms with Crippen molar-refractivity contribution in [3.8, 4) is 0 Å². The summed E-state index contributed by atoms with van der Waals surface area (Å²) in [6.07, 6.45) is 0.115. The first kappa shape index (κ1) is 13.5. The van der Waals surface area contributed by atoms with Crippen molar-refractivity contribution in [1.29, 1.82) is 0 Å². The molecule has 0 radical (unpaired) electrons. The summed E-state index contributed by atoms with van der Waals surface area (Å²) in [5.41, 5.74) is -0.259. The van der Waals surface area contributed by atoms with Crippen molar-refractivity contribution in [1.82, 2.24) is 0 Å². The molecule has 0 aromatic heterocycles. The third-order valence-corrected chi connectivity index (χ3v) is 5.06. The van der Waals surface area contributed by atoms with Crippen molar-refractivity contribution in [3.63, 3.8) is 0 Å². The SMILES string of the molecule is COC(=O)C1CC2(O)c3ccccc3C1(O)c1ccccc12. The van der Waals surface area contributed by atoms with Crippen LogP contribution in [-0.4, -0.2) is 23.3 Å². The van der Waals surface area contributed by atoms with Crippen molar-refractivity contribution in [3.05, 3.63) is 70.8 Å². The maximum Gasteiger partial charge on any atom is 0.312 e. The second-order valence-corrected chi connectivity index (χ2v) is 6.00. The Morgan fingerprint density at radius 1 is 1.00 bits per heavy atom. The first-order valence-corrected chi connectivity index (χ1v) is 7.26. The highest BCUT2D eigenvalue weighted by molar-refractivity contribution is 5.79. The second-order valence-electron chi connectivity index (χ2n) is 6.00. The van der Waals surface area contributed by atoms with Gasteiger partial charge in [-0.2, -0.15) is 0 Å². The van der Waals surface area contributed by atoms with Gasteiger partial charge in [-0.05, 0) is 22.3 Å². The number of fused-ring (bicyclic) bond motifs is 1. The Hall–Kier alpha value is -2.17. The molecule has 0 aliphatic heterocycles. The number of esters is 1. The van der Waals surface area contributed by atoms with E-state index in [-0.39, 0.29) is 6.42 Å². The van der Waals surface area contributed by atoms with Gasteiger partial charge < -0.3 is 14.9 Å². The number of benzene rings is 2. The van der Waals surface area contributed by atoms with E-state index in [4.69, 9.17) is 4.74 Å². The van der Waals surface area contributed by atoms with E-state index in [1.807, 2.05) is 24.3 Å². The highest BCUT2D eigenvalue weighted by Crippen LogP contribution is 2.59. The van der Waals surface area contributed by atoms with Gasteiger partial charge in [-0.3, -0.25) is 4.79 Å². The zero-order valence-corrected chi connectivity index (χ0v) is 12.1. The summed E-state index contributed by atoms with van der Waals surface area (Å²) < 4.78 is 4.87. The van der Waals surface area contributed by atoms with Crippen molar-refractivity contribution in [2.24, 2.45) is 5.92 Å². The van der Waals surface area contributed by atoms with Crippen molar-refractivity contribution in [2.45, 2.75) is 17.6 Å². The summed E-state index contributed by atoms with van der Waals surface area (Å²) in [4.78, 5) is 12.2. The molecule has 0 heterocycles. The molecule has 0 saturated carbocycles. The summed E-state index contributed by atoms with van der Waals surface area (Å²) in [5.74, 6) is -1.34. The van der Waals surface area contributed by atoms with Gasteiger partial charge in [-0.15, -0.1) is 0 Å². The largest absolute Gasteiger partial charge is 0.469 e.